The minimum atomic E-state index is -0.452. The molecule has 0 atom stereocenters. The number of aryl methyl sites for hydroxylation is 1. The lowest BCUT2D eigenvalue weighted by molar-refractivity contribution is -0.384. The monoisotopic (exact) mass is 245 g/mol. The molecule has 1 heterocycles. The number of nitrogen functional groups attached to an aromatic ring is 1. The Labute approximate surface area is 103 Å². The van der Waals surface area contributed by atoms with E-state index in [1.165, 1.54) is 18.2 Å². The molecule has 2 rings (SSSR count). The van der Waals surface area contributed by atoms with Crippen LogP contribution in [0.2, 0.25) is 0 Å². The van der Waals surface area contributed by atoms with E-state index >= 15 is 0 Å². The van der Waals surface area contributed by atoms with Crippen LogP contribution in [-0.4, -0.2) is 9.91 Å². The summed E-state index contributed by atoms with van der Waals surface area (Å²) in [6.45, 7) is 1.72. The van der Waals surface area contributed by atoms with Gasteiger partial charge in [0.25, 0.3) is 5.69 Å². The smallest absolute Gasteiger partial charge is 0.269 e. The minimum Gasteiger partial charge on any atom is -0.437 e. The van der Waals surface area contributed by atoms with Crippen molar-refractivity contribution in [3.05, 3.63) is 52.2 Å². The van der Waals surface area contributed by atoms with Crippen LogP contribution in [0.15, 0.2) is 36.5 Å². The lowest BCUT2D eigenvalue weighted by Gasteiger charge is -2.08. The van der Waals surface area contributed by atoms with Gasteiger partial charge in [0.05, 0.1) is 10.6 Å². The van der Waals surface area contributed by atoms with Crippen LogP contribution in [-0.2, 0) is 0 Å². The summed E-state index contributed by atoms with van der Waals surface area (Å²) in [6, 6.07) is 7.71. The van der Waals surface area contributed by atoms with Gasteiger partial charge in [-0.1, -0.05) is 0 Å². The molecule has 6 heteroatoms. The summed E-state index contributed by atoms with van der Waals surface area (Å²) in [6.07, 6.45) is 1.56. The molecule has 0 aliphatic carbocycles. The van der Waals surface area contributed by atoms with E-state index in [2.05, 4.69) is 4.98 Å². The number of pyridine rings is 1. The Balaban J connectivity index is 2.30. The lowest BCUT2D eigenvalue weighted by Crippen LogP contribution is -1.96. The van der Waals surface area contributed by atoms with Gasteiger partial charge >= 0.3 is 0 Å². The molecule has 0 aliphatic heterocycles. The molecule has 0 unspecified atom stereocenters. The first kappa shape index (κ1) is 11.8. The topological polar surface area (TPSA) is 91.3 Å². The third kappa shape index (κ3) is 2.37. The first-order valence-corrected chi connectivity index (χ1v) is 5.21. The number of nitrogens with two attached hydrogens (primary N) is 1. The highest BCUT2D eigenvalue weighted by Gasteiger charge is 2.10. The van der Waals surface area contributed by atoms with Gasteiger partial charge in [-0.2, -0.15) is 0 Å². The second-order valence-corrected chi connectivity index (χ2v) is 3.71. The van der Waals surface area contributed by atoms with E-state index < -0.39 is 4.92 Å². The molecule has 2 aromatic rings. The quantitative estimate of drug-likeness (QED) is 0.663. The molecule has 18 heavy (non-hydrogen) atoms. The number of rotatable bonds is 3. The van der Waals surface area contributed by atoms with Gasteiger partial charge in [0.15, 0.2) is 0 Å². The van der Waals surface area contributed by atoms with Gasteiger partial charge in [-0.3, -0.25) is 10.1 Å². The first-order chi connectivity index (χ1) is 8.58. The molecule has 1 aromatic heterocycles. The number of non-ortho nitro benzene ring substituents is 1. The molecule has 0 bridgehead atoms. The number of anilines is 1. The van der Waals surface area contributed by atoms with Gasteiger partial charge < -0.3 is 10.5 Å². The Hall–Kier alpha value is -2.63. The number of ether oxygens (including phenoxy) is 1. The molecular formula is C12H11N3O3. The summed E-state index contributed by atoms with van der Waals surface area (Å²) in [5, 5.41) is 10.6. The Morgan fingerprint density at radius 1 is 1.39 bits per heavy atom. The highest BCUT2D eigenvalue weighted by molar-refractivity contribution is 5.51. The maximum atomic E-state index is 10.6. The van der Waals surface area contributed by atoms with E-state index in [0.717, 1.165) is 0 Å². The maximum Gasteiger partial charge on any atom is 0.269 e. The molecule has 92 valence electrons. The van der Waals surface area contributed by atoms with E-state index in [1.807, 2.05) is 0 Å². The normalized spacial score (nSPS) is 10.1. The first-order valence-electron chi connectivity index (χ1n) is 5.21. The molecule has 0 amide bonds. The zero-order valence-electron chi connectivity index (χ0n) is 9.66. The zero-order valence-corrected chi connectivity index (χ0v) is 9.66. The fourth-order valence-electron chi connectivity index (χ4n) is 1.45. The Morgan fingerprint density at radius 2 is 2.17 bits per heavy atom. The van der Waals surface area contributed by atoms with Gasteiger partial charge in [-0.15, -0.1) is 0 Å². The van der Waals surface area contributed by atoms with Crippen LogP contribution < -0.4 is 10.5 Å². The largest absolute Gasteiger partial charge is 0.437 e. The predicted octanol–water partition coefficient (Wildman–Crippen LogP) is 2.67. The average Bonchev–Trinajstić information content (AvgIpc) is 2.34. The summed E-state index contributed by atoms with van der Waals surface area (Å²) in [7, 11) is 0. The van der Waals surface area contributed by atoms with Gasteiger partial charge in [0.1, 0.15) is 5.75 Å². The molecule has 2 N–H and O–H groups in total. The third-order valence-electron chi connectivity index (χ3n) is 2.38. The van der Waals surface area contributed by atoms with Crippen molar-refractivity contribution >= 4 is 11.4 Å². The summed E-state index contributed by atoms with van der Waals surface area (Å²) >= 11 is 0. The number of hydrogen-bond acceptors (Lipinski definition) is 5. The number of hydrogen-bond donors (Lipinski definition) is 1. The van der Waals surface area contributed by atoms with Crippen LogP contribution in [0.5, 0.6) is 11.6 Å². The highest BCUT2D eigenvalue weighted by atomic mass is 16.6. The van der Waals surface area contributed by atoms with Crippen molar-refractivity contribution in [3.8, 4) is 11.6 Å². The molecule has 0 saturated heterocycles. The zero-order chi connectivity index (χ0) is 13.1. The van der Waals surface area contributed by atoms with E-state index in [0.29, 0.717) is 17.0 Å². The number of benzene rings is 1. The maximum absolute atomic E-state index is 10.6. The van der Waals surface area contributed by atoms with Crippen LogP contribution in [0.25, 0.3) is 0 Å². The van der Waals surface area contributed by atoms with Crippen molar-refractivity contribution in [2.24, 2.45) is 0 Å². The molecule has 0 saturated carbocycles. The number of nitro benzene ring substituents is 1. The summed E-state index contributed by atoms with van der Waals surface area (Å²) in [5.74, 6) is 0.778. The van der Waals surface area contributed by atoms with Crippen LogP contribution in [0.3, 0.4) is 0 Å². The van der Waals surface area contributed by atoms with Crippen LogP contribution in [0, 0.1) is 17.0 Å². The second-order valence-electron chi connectivity index (χ2n) is 3.71. The average molecular weight is 245 g/mol. The van der Waals surface area contributed by atoms with E-state index in [1.54, 1.807) is 25.3 Å². The minimum absolute atomic E-state index is 0.0221. The second kappa shape index (κ2) is 4.70. The Morgan fingerprint density at radius 3 is 2.78 bits per heavy atom. The molecule has 0 aliphatic rings. The predicted molar refractivity (Wildman–Crippen MR) is 66.6 cm³/mol. The summed E-state index contributed by atoms with van der Waals surface area (Å²) < 4.78 is 5.52. The third-order valence-corrected chi connectivity index (χ3v) is 2.38. The number of aromatic nitrogens is 1. The van der Waals surface area contributed by atoms with E-state index in [9.17, 15) is 10.1 Å². The van der Waals surface area contributed by atoms with Crippen molar-refractivity contribution in [1.82, 2.24) is 4.98 Å². The van der Waals surface area contributed by atoms with Crippen molar-refractivity contribution in [2.45, 2.75) is 6.92 Å². The molecule has 0 fully saturated rings. The van der Waals surface area contributed by atoms with Crippen molar-refractivity contribution in [3.63, 3.8) is 0 Å². The van der Waals surface area contributed by atoms with Crippen LogP contribution in [0.1, 0.15) is 5.56 Å². The van der Waals surface area contributed by atoms with Crippen LogP contribution >= 0.6 is 0 Å². The Kier molecular flexibility index (Phi) is 3.09. The van der Waals surface area contributed by atoms with E-state index in [-0.39, 0.29) is 11.6 Å². The highest BCUT2D eigenvalue weighted by Crippen LogP contribution is 2.29. The molecule has 6 nitrogen and oxygen atoms in total. The van der Waals surface area contributed by atoms with Gasteiger partial charge in [0, 0.05) is 18.3 Å². The van der Waals surface area contributed by atoms with E-state index in [4.69, 9.17) is 10.5 Å². The van der Waals surface area contributed by atoms with Crippen molar-refractivity contribution in [1.29, 1.82) is 0 Å². The van der Waals surface area contributed by atoms with Gasteiger partial charge in [-0.25, -0.2) is 4.98 Å². The van der Waals surface area contributed by atoms with Crippen molar-refractivity contribution in [2.75, 3.05) is 5.73 Å². The van der Waals surface area contributed by atoms with Gasteiger partial charge in [0.2, 0.25) is 5.88 Å². The molecule has 1 aromatic carbocycles. The molecule has 0 radical (unpaired) electrons. The van der Waals surface area contributed by atoms with Crippen molar-refractivity contribution < 1.29 is 9.66 Å². The fraction of sp³-hybridized carbons (Fsp3) is 0.0833. The van der Waals surface area contributed by atoms with Gasteiger partial charge in [-0.05, 0) is 30.7 Å². The summed E-state index contributed by atoms with van der Waals surface area (Å²) in [4.78, 5) is 14.1. The fourth-order valence-corrected chi connectivity index (χ4v) is 1.45. The summed E-state index contributed by atoms with van der Waals surface area (Å²) in [5.41, 5.74) is 6.78. The molecule has 0 spiro atoms. The SMILES string of the molecule is Cc1cc([N+](=O)[O-])ccc1Oc1ncccc1N. The van der Waals surface area contributed by atoms with Crippen LogP contribution in [0.4, 0.5) is 11.4 Å². The number of nitro groups is 1. The lowest BCUT2D eigenvalue weighted by atomic mass is 10.2. The Bertz CT molecular complexity index is 599. The molecular weight excluding hydrogens is 234 g/mol. The number of nitrogens with zero attached hydrogens (tertiary/aromatic N) is 2. The standard InChI is InChI=1S/C12H11N3O3/c1-8-7-9(15(16)17)4-5-11(8)18-12-10(13)3-2-6-14-12/h2-7H,13H2,1H3.